The van der Waals surface area contributed by atoms with Gasteiger partial charge < -0.3 is 4.90 Å². The number of anilines is 1. The standard InChI is InChI=1S/C18H23N3/c1-18(2,3)14-6-4-12(5-7-14)15-17-16(20-19-15)13-8-10-21(17)11-9-13/h4-7,13H,8-11H2,1-3H3,(H,19,20). The van der Waals surface area contributed by atoms with Crippen LogP contribution in [0.15, 0.2) is 24.3 Å². The van der Waals surface area contributed by atoms with Crippen molar-refractivity contribution in [2.24, 2.45) is 0 Å². The first-order valence-electron chi connectivity index (χ1n) is 7.98. The molecule has 2 aromatic rings. The monoisotopic (exact) mass is 281 g/mol. The summed E-state index contributed by atoms with van der Waals surface area (Å²) in [4.78, 5) is 2.51. The van der Waals surface area contributed by atoms with Gasteiger partial charge in [0.15, 0.2) is 0 Å². The maximum Gasteiger partial charge on any atom is 0.116 e. The molecule has 2 bridgehead atoms. The predicted molar refractivity (Wildman–Crippen MR) is 86.9 cm³/mol. The lowest BCUT2D eigenvalue weighted by Crippen LogP contribution is -2.38. The molecule has 3 aliphatic rings. The third-order valence-electron chi connectivity index (χ3n) is 5.01. The second-order valence-corrected chi connectivity index (χ2v) is 7.42. The first kappa shape index (κ1) is 12.9. The fourth-order valence-corrected chi connectivity index (χ4v) is 3.68. The van der Waals surface area contributed by atoms with Crippen molar-refractivity contribution in [1.29, 1.82) is 0 Å². The molecule has 110 valence electrons. The second kappa shape index (κ2) is 4.36. The molecule has 1 aromatic carbocycles. The Kier molecular flexibility index (Phi) is 2.69. The normalized spacial score (nSPS) is 18.1. The van der Waals surface area contributed by atoms with Crippen LogP contribution in [0.1, 0.15) is 50.8 Å². The first-order chi connectivity index (χ1) is 10.0. The fraction of sp³-hybridized carbons (Fsp3) is 0.500. The smallest absolute Gasteiger partial charge is 0.116 e. The van der Waals surface area contributed by atoms with E-state index in [1.165, 1.54) is 48.4 Å². The van der Waals surface area contributed by atoms with Crippen molar-refractivity contribution < 1.29 is 0 Å². The van der Waals surface area contributed by atoms with E-state index in [2.05, 4.69) is 60.1 Å². The molecule has 3 heteroatoms. The van der Waals surface area contributed by atoms with Crippen LogP contribution >= 0.6 is 0 Å². The van der Waals surface area contributed by atoms with Gasteiger partial charge in [-0.2, -0.15) is 5.10 Å². The maximum absolute atomic E-state index is 4.63. The highest BCUT2D eigenvalue weighted by Crippen LogP contribution is 2.45. The van der Waals surface area contributed by atoms with Crippen LogP contribution in [0.3, 0.4) is 0 Å². The molecule has 0 saturated carbocycles. The van der Waals surface area contributed by atoms with E-state index in [0.29, 0.717) is 5.92 Å². The lowest BCUT2D eigenvalue weighted by atomic mass is 9.85. The molecule has 0 atom stereocenters. The van der Waals surface area contributed by atoms with Crippen molar-refractivity contribution in [2.75, 3.05) is 18.0 Å². The molecule has 0 amide bonds. The van der Waals surface area contributed by atoms with Crippen LogP contribution in [-0.2, 0) is 5.41 Å². The number of benzene rings is 1. The number of aromatic amines is 1. The first-order valence-corrected chi connectivity index (χ1v) is 7.98. The van der Waals surface area contributed by atoms with Gasteiger partial charge in [0.2, 0.25) is 0 Å². The van der Waals surface area contributed by atoms with Crippen molar-refractivity contribution in [3.8, 4) is 11.3 Å². The lowest BCUT2D eigenvalue weighted by molar-refractivity contribution is 0.466. The van der Waals surface area contributed by atoms with E-state index >= 15 is 0 Å². The Morgan fingerprint density at radius 1 is 1.10 bits per heavy atom. The zero-order valence-corrected chi connectivity index (χ0v) is 13.1. The number of hydrogen-bond acceptors (Lipinski definition) is 2. The van der Waals surface area contributed by atoms with Crippen LogP contribution in [0.25, 0.3) is 11.3 Å². The summed E-state index contributed by atoms with van der Waals surface area (Å²) in [5, 5.41) is 7.94. The van der Waals surface area contributed by atoms with Gasteiger partial charge in [-0.1, -0.05) is 45.0 Å². The van der Waals surface area contributed by atoms with Crippen molar-refractivity contribution in [3.05, 3.63) is 35.5 Å². The number of nitrogens with one attached hydrogen (secondary N) is 1. The Bertz CT molecular complexity index is 653. The molecular formula is C18H23N3. The number of hydrogen-bond donors (Lipinski definition) is 1. The molecule has 0 unspecified atom stereocenters. The molecule has 0 spiro atoms. The van der Waals surface area contributed by atoms with Crippen molar-refractivity contribution in [3.63, 3.8) is 0 Å². The summed E-state index contributed by atoms with van der Waals surface area (Å²) in [5.41, 5.74) is 6.66. The summed E-state index contributed by atoms with van der Waals surface area (Å²) >= 11 is 0. The van der Waals surface area contributed by atoms with E-state index < -0.39 is 0 Å². The molecule has 3 nitrogen and oxygen atoms in total. The van der Waals surface area contributed by atoms with Crippen LogP contribution in [0.2, 0.25) is 0 Å². The van der Waals surface area contributed by atoms with Gasteiger partial charge in [0.05, 0.1) is 11.4 Å². The lowest BCUT2D eigenvalue weighted by Gasteiger charge is -2.40. The zero-order chi connectivity index (χ0) is 14.6. The number of nitrogens with zero attached hydrogens (tertiary/aromatic N) is 2. The highest BCUT2D eigenvalue weighted by molar-refractivity contribution is 5.79. The third kappa shape index (κ3) is 1.98. The Morgan fingerprint density at radius 3 is 2.38 bits per heavy atom. The van der Waals surface area contributed by atoms with Crippen LogP contribution in [0.4, 0.5) is 5.69 Å². The van der Waals surface area contributed by atoms with Gasteiger partial charge in [-0.15, -0.1) is 0 Å². The summed E-state index contributed by atoms with van der Waals surface area (Å²) in [6.07, 6.45) is 2.55. The fourth-order valence-electron chi connectivity index (χ4n) is 3.68. The minimum atomic E-state index is 0.200. The maximum atomic E-state index is 4.63. The van der Waals surface area contributed by atoms with E-state index in [0.717, 1.165) is 5.69 Å². The van der Waals surface area contributed by atoms with E-state index in [1.54, 1.807) is 0 Å². The summed E-state index contributed by atoms with van der Waals surface area (Å²) in [6.45, 7) is 9.13. The molecule has 0 radical (unpaired) electrons. The molecule has 4 heterocycles. The average molecular weight is 281 g/mol. The van der Waals surface area contributed by atoms with Gasteiger partial charge in [0.25, 0.3) is 0 Å². The van der Waals surface area contributed by atoms with Gasteiger partial charge in [0.1, 0.15) is 5.69 Å². The minimum Gasteiger partial charge on any atom is -0.368 e. The van der Waals surface area contributed by atoms with E-state index in [1.807, 2.05) is 0 Å². The van der Waals surface area contributed by atoms with Crippen LogP contribution in [-0.4, -0.2) is 23.3 Å². The zero-order valence-electron chi connectivity index (χ0n) is 13.1. The Hall–Kier alpha value is -1.77. The number of fused-ring (bicyclic) bond motifs is 2. The second-order valence-electron chi connectivity index (χ2n) is 7.42. The van der Waals surface area contributed by atoms with Crippen LogP contribution < -0.4 is 4.90 Å². The number of aromatic nitrogens is 2. The summed E-state index contributed by atoms with van der Waals surface area (Å²) in [6, 6.07) is 8.93. The van der Waals surface area contributed by atoms with Gasteiger partial charge >= 0.3 is 0 Å². The number of H-pyrrole nitrogens is 1. The predicted octanol–water partition coefficient (Wildman–Crippen LogP) is 4.07. The summed E-state index contributed by atoms with van der Waals surface area (Å²) in [7, 11) is 0. The van der Waals surface area contributed by atoms with Crippen LogP contribution in [0, 0.1) is 0 Å². The highest BCUT2D eigenvalue weighted by Gasteiger charge is 2.35. The van der Waals surface area contributed by atoms with Crippen LogP contribution in [0.5, 0.6) is 0 Å². The Labute approximate surface area is 126 Å². The number of piperidine rings is 1. The van der Waals surface area contributed by atoms with E-state index in [-0.39, 0.29) is 5.41 Å². The topological polar surface area (TPSA) is 31.9 Å². The molecule has 5 rings (SSSR count). The Morgan fingerprint density at radius 2 is 1.76 bits per heavy atom. The minimum absolute atomic E-state index is 0.200. The quantitative estimate of drug-likeness (QED) is 0.854. The van der Waals surface area contributed by atoms with Gasteiger partial charge in [-0.05, 0) is 23.8 Å². The molecule has 1 fully saturated rings. The highest BCUT2D eigenvalue weighted by atomic mass is 15.2. The molecule has 3 aliphatic heterocycles. The van der Waals surface area contributed by atoms with E-state index in [9.17, 15) is 0 Å². The Balaban J connectivity index is 1.75. The molecule has 21 heavy (non-hydrogen) atoms. The SMILES string of the molecule is CC(C)(C)c1ccc(-c2n[nH]c3c2N2CCC3CC2)cc1. The van der Waals surface area contributed by atoms with Gasteiger partial charge in [-0.3, -0.25) is 5.10 Å². The average Bonchev–Trinajstić information content (AvgIpc) is 2.95. The number of rotatable bonds is 1. The molecular weight excluding hydrogens is 258 g/mol. The molecule has 1 N–H and O–H groups in total. The largest absolute Gasteiger partial charge is 0.368 e. The molecule has 1 aromatic heterocycles. The van der Waals surface area contributed by atoms with Gasteiger partial charge in [0, 0.05) is 24.6 Å². The van der Waals surface area contributed by atoms with Crippen molar-refractivity contribution in [1.82, 2.24) is 10.2 Å². The third-order valence-corrected chi connectivity index (χ3v) is 5.01. The van der Waals surface area contributed by atoms with Crippen molar-refractivity contribution in [2.45, 2.75) is 44.9 Å². The van der Waals surface area contributed by atoms with E-state index in [4.69, 9.17) is 0 Å². The molecule has 1 saturated heterocycles. The summed E-state index contributed by atoms with van der Waals surface area (Å²) in [5.74, 6) is 0.695. The van der Waals surface area contributed by atoms with Crippen molar-refractivity contribution >= 4 is 5.69 Å². The summed E-state index contributed by atoms with van der Waals surface area (Å²) < 4.78 is 0. The van der Waals surface area contributed by atoms with Gasteiger partial charge in [-0.25, -0.2) is 0 Å². The molecule has 0 aliphatic carbocycles.